The lowest BCUT2D eigenvalue weighted by molar-refractivity contribution is -0.126. The Morgan fingerprint density at radius 2 is 1.89 bits per heavy atom. The Labute approximate surface area is 172 Å². The van der Waals surface area contributed by atoms with E-state index in [0.717, 1.165) is 48.5 Å². The summed E-state index contributed by atoms with van der Waals surface area (Å²) >= 11 is 1.63. The SMILES string of the molecule is CCSCC(=O)NC1CCC(C(=O)NCCc2ccc(OC)cc2OC)CC1. The van der Waals surface area contributed by atoms with Crippen molar-refractivity contribution in [2.24, 2.45) is 5.92 Å². The second-order valence-corrected chi connectivity index (χ2v) is 8.25. The summed E-state index contributed by atoms with van der Waals surface area (Å²) < 4.78 is 10.6. The number of nitrogens with one attached hydrogen (secondary N) is 2. The summed E-state index contributed by atoms with van der Waals surface area (Å²) in [6.45, 7) is 2.62. The first-order valence-electron chi connectivity index (χ1n) is 9.93. The first-order chi connectivity index (χ1) is 13.6. The normalized spacial score (nSPS) is 19.0. The van der Waals surface area contributed by atoms with E-state index in [1.54, 1.807) is 26.0 Å². The number of ether oxygens (including phenoxy) is 2. The molecule has 1 aromatic carbocycles. The Morgan fingerprint density at radius 3 is 2.54 bits per heavy atom. The predicted octanol–water partition coefficient (Wildman–Crippen LogP) is 2.79. The minimum absolute atomic E-state index is 0.0379. The fraction of sp³-hybridized carbons (Fsp3) is 0.619. The maximum absolute atomic E-state index is 12.5. The number of carbonyl (C=O) groups is 2. The van der Waals surface area contributed by atoms with E-state index in [0.29, 0.717) is 18.7 Å². The lowest BCUT2D eigenvalue weighted by Crippen LogP contribution is -2.41. The van der Waals surface area contributed by atoms with Gasteiger partial charge in [0.1, 0.15) is 11.5 Å². The molecule has 2 N–H and O–H groups in total. The van der Waals surface area contributed by atoms with Gasteiger partial charge in [0.05, 0.1) is 20.0 Å². The van der Waals surface area contributed by atoms with Crippen LogP contribution in [-0.2, 0) is 16.0 Å². The Balaban J connectivity index is 1.71. The first-order valence-corrected chi connectivity index (χ1v) is 11.1. The zero-order chi connectivity index (χ0) is 20.4. The number of rotatable bonds is 10. The molecule has 1 aliphatic rings. The van der Waals surface area contributed by atoms with E-state index >= 15 is 0 Å². The highest BCUT2D eigenvalue weighted by Crippen LogP contribution is 2.26. The molecule has 156 valence electrons. The third kappa shape index (κ3) is 6.93. The van der Waals surface area contributed by atoms with Crippen LogP contribution in [0.4, 0.5) is 0 Å². The second-order valence-electron chi connectivity index (χ2n) is 6.97. The summed E-state index contributed by atoms with van der Waals surface area (Å²) in [6.07, 6.45) is 4.09. The number of amides is 2. The summed E-state index contributed by atoms with van der Waals surface area (Å²) in [5.74, 6) is 3.24. The van der Waals surface area contributed by atoms with Gasteiger partial charge in [0.15, 0.2) is 0 Å². The fourth-order valence-corrected chi connectivity index (χ4v) is 3.96. The Kier molecular flexibility index (Phi) is 9.47. The van der Waals surface area contributed by atoms with Crippen molar-refractivity contribution in [2.45, 2.75) is 45.1 Å². The van der Waals surface area contributed by atoms with Crippen molar-refractivity contribution in [2.75, 3.05) is 32.3 Å². The molecule has 6 nitrogen and oxygen atoms in total. The highest BCUT2D eigenvalue weighted by atomic mass is 32.2. The quantitative estimate of drug-likeness (QED) is 0.623. The molecule has 0 aromatic heterocycles. The van der Waals surface area contributed by atoms with E-state index in [4.69, 9.17) is 9.47 Å². The second kappa shape index (κ2) is 11.8. The molecule has 0 spiro atoms. The lowest BCUT2D eigenvalue weighted by Gasteiger charge is -2.28. The zero-order valence-corrected chi connectivity index (χ0v) is 17.9. The van der Waals surface area contributed by atoms with Crippen LogP contribution < -0.4 is 20.1 Å². The van der Waals surface area contributed by atoms with Crippen LogP contribution in [0.2, 0.25) is 0 Å². The molecular formula is C21H32N2O4S. The van der Waals surface area contributed by atoms with Gasteiger partial charge in [0.25, 0.3) is 0 Å². The standard InChI is InChI=1S/C21H32N2O4S/c1-4-28-14-20(24)23-17-8-5-16(6-9-17)21(25)22-12-11-15-7-10-18(26-2)13-19(15)27-3/h7,10,13,16-17H,4-6,8-9,11-12,14H2,1-3H3,(H,22,25)(H,23,24). The molecular weight excluding hydrogens is 376 g/mol. The molecule has 0 bridgehead atoms. The summed E-state index contributed by atoms with van der Waals surface area (Å²) in [5.41, 5.74) is 1.04. The Morgan fingerprint density at radius 1 is 1.14 bits per heavy atom. The van der Waals surface area contributed by atoms with Gasteiger partial charge in [-0.3, -0.25) is 9.59 Å². The van der Waals surface area contributed by atoms with Crippen LogP contribution in [0.15, 0.2) is 18.2 Å². The van der Waals surface area contributed by atoms with Crippen molar-refractivity contribution in [3.63, 3.8) is 0 Å². The smallest absolute Gasteiger partial charge is 0.230 e. The molecule has 0 heterocycles. The van der Waals surface area contributed by atoms with Crippen LogP contribution in [0.3, 0.4) is 0 Å². The minimum Gasteiger partial charge on any atom is -0.497 e. The van der Waals surface area contributed by atoms with Crippen LogP contribution in [0.1, 0.15) is 38.2 Å². The highest BCUT2D eigenvalue weighted by Gasteiger charge is 2.26. The molecule has 2 amide bonds. The van der Waals surface area contributed by atoms with Crippen molar-refractivity contribution >= 4 is 23.6 Å². The zero-order valence-electron chi connectivity index (χ0n) is 17.1. The number of carbonyl (C=O) groups excluding carboxylic acids is 2. The van der Waals surface area contributed by atoms with Crippen LogP contribution in [-0.4, -0.2) is 50.1 Å². The van der Waals surface area contributed by atoms with Crippen molar-refractivity contribution < 1.29 is 19.1 Å². The van der Waals surface area contributed by atoms with E-state index in [9.17, 15) is 9.59 Å². The van der Waals surface area contributed by atoms with Crippen molar-refractivity contribution in [1.29, 1.82) is 0 Å². The number of benzene rings is 1. The number of thioether (sulfide) groups is 1. The number of hydrogen-bond donors (Lipinski definition) is 2. The third-order valence-corrected chi connectivity index (χ3v) is 5.96. The third-order valence-electron chi connectivity index (χ3n) is 5.09. The summed E-state index contributed by atoms with van der Waals surface area (Å²) in [7, 11) is 3.26. The summed E-state index contributed by atoms with van der Waals surface area (Å²) in [5, 5.41) is 6.13. The highest BCUT2D eigenvalue weighted by molar-refractivity contribution is 7.99. The topological polar surface area (TPSA) is 76.7 Å². The predicted molar refractivity (Wildman–Crippen MR) is 113 cm³/mol. The molecule has 0 aliphatic heterocycles. The van der Waals surface area contributed by atoms with Crippen LogP contribution in [0.25, 0.3) is 0 Å². The van der Waals surface area contributed by atoms with E-state index in [-0.39, 0.29) is 23.8 Å². The van der Waals surface area contributed by atoms with Gasteiger partial charge >= 0.3 is 0 Å². The molecule has 28 heavy (non-hydrogen) atoms. The fourth-order valence-electron chi connectivity index (χ4n) is 3.49. The van der Waals surface area contributed by atoms with Gasteiger partial charge in [0, 0.05) is 24.6 Å². The Hall–Kier alpha value is -1.89. The van der Waals surface area contributed by atoms with Crippen molar-refractivity contribution in [3.8, 4) is 11.5 Å². The van der Waals surface area contributed by atoms with Gasteiger partial charge in [-0.25, -0.2) is 0 Å². The largest absolute Gasteiger partial charge is 0.497 e. The van der Waals surface area contributed by atoms with Crippen molar-refractivity contribution in [3.05, 3.63) is 23.8 Å². The molecule has 1 aromatic rings. The molecule has 0 unspecified atom stereocenters. The average molecular weight is 409 g/mol. The maximum Gasteiger partial charge on any atom is 0.230 e. The van der Waals surface area contributed by atoms with Crippen LogP contribution in [0, 0.1) is 5.92 Å². The van der Waals surface area contributed by atoms with E-state index in [1.807, 2.05) is 25.1 Å². The van der Waals surface area contributed by atoms with Gasteiger partial charge in [-0.2, -0.15) is 11.8 Å². The van der Waals surface area contributed by atoms with Gasteiger partial charge in [-0.15, -0.1) is 0 Å². The van der Waals surface area contributed by atoms with E-state index in [1.165, 1.54) is 0 Å². The molecule has 0 saturated heterocycles. The van der Waals surface area contributed by atoms with E-state index < -0.39 is 0 Å². The molecule has 0 radical (unpaired) electrons. The van der Waals surface area contributed by atoms with Gasteiger partial charge < -0.3 is 20.1 Å². The number of methoxy groups -OCH3 is 2. The van der Waals surface area contributed by atoms with Crippen molar-refractivity contribution in [1.82, 2.24) is 10.6 Å². The monoisotopic (exact) mass is 408 g/mol. The maximum atomic E-state index is 12.5. The molecule has 1 aliphatic carbocycles. The van der Waals surface area contributed by atoms with Gasteiger partial charge in [0.2, 0.25) is 11.8 Å². The molecule has 0 atom stereocenters. The van der Waals surface area contributed by atoms with Crippen LogP contribution in [0.5, 0.6) is 11.5 Å². The average Bonchev–Trinajstić information content (AvgIpc) is 2.72. The summed E-state index contributed by atoms with van der Waals surface area (Å²) in [6, 6.07) is 5.92. The summed E-state index contributed by atoms with van der Waals surface area (Å²) in [4.78, 5) is 24.3. The van der Waals surface area contributed by atoms with Gasteiger partial charge in [-0.05, 0) is 49.5 Å². The van der Waals surface area contributed by atoms with E-state index in [2.05, 4.69) is 10.6 Å². The molecule has 2 rings (SSSR count). The Bertz CT molecular complexity index is 645. The molecule has 1 saturated carbocycles. The first kappa shape index (κ1) is 22.4. The lowest BCUT2D eigenvalue weighted by atomic mass is 9.85. The molecule has 7 heteroatoms. The molecule has 1 fully saturated rings. The minimum atomic E-state index is 0.0379. The number of hydrogen-bond acceptors (Lipinski definition) is 5. The van der Waals surface area contributed by atoms with Crippen LogP contribution >= 0.6 is 11.8 Å². The van der Waals surface area contributed by atoms with Gasteiger partial charge in [-0.1, -0.05) is 13.0 Å².